The van der Waals surface area contributed by atoms with E-state index < -0.39 is 6.36 Å². The van der Waals surface area contributed by atoms with Gasteiger partial charge in [-0.2, -0.15) is 0 Å². The second-order valence-electron chi connectivity index (χ2n) is 6.50. The average molecular weight is 414 g/mol. The van der Waals surface area contributed by atoms with Crippen molar-refractivity contribution in [2.24, 2.45) is 0 Å². The van der Waals surface area contributed by atoms with Crippen LogP contribution < -0.4 is 4.74 Å². The summed E-state index contributed by atoms with van der Waals surface area (Å²) in [6.45, 7) is 1.15. The SMILES string of the molecule is O=C(c1ccccc1Cl)N1CCCC(OCc2cccc(OC(F)(F)F)c2)C1. The third kappa shape index (κ3) is 5.62. The van der Waals surface area contributed by atoms with Crippen molar-refractivity contribution >= 4 is 17.5 Å². The van der Waals surface area contributed by atoms with Crippen LogP contribution in [0.5, 0.6) is 5.75 Å². The fourth-order valence-electron chi connectivity index (χ4n) is 3.11. The van der Waals surface area contributed by atoms with Gasteiger partial charge in [-0.1, -0.05) is 35.9 Å². The van der Waals surface area contributed by atoms with Crippen molar-refractivity contribution in [3.63, 3.8) is 0 Å². The Bertz CT molecular complexity index is 828. The van der Waals surface area contributed by atoms with Crippen LogP contribution in [0.15, 0.2) is 48.5 Å². The van der Waals surface area contributed by atoms with Crippen molar-refractivity contribution < 1.29 is 27.4 Å². The average Bonchev–Trinajstić information content (AvgIpc) is 2.65. The van der Waals surface area contributed by atoms with Gasteiger partial charge in [0.15, 0.2) is 0 Å². The van der Waals surface area contributed by atoms with Crippen LogP contribution in [-0.2, 0) is 11.3 Å². The third-order valence-corrected chi connectivity index (χ3v) is 4.72. The maximum absolute atomic E-state index is 12.7. The zero-order valence-corrected chi connectivity index (χ0v) is 15.7. The molecule has 1 amide bonds. The van der Waals surface area contributed by atoms with E-state index in [4.69, 9.17) is 16.3 Å². The molecule has 8 heteroatoms. The summed E-state index contributed by atoms with van der Waals surface area (Å²) in [6.07, 6.45) is -3.39. The molecule has 1 unspecified atom stereocenters. The Hall–Kier alpha value is -2.25. The van der Waals surface area contributed by atoms with Crippen LogP contribution in [0.2, 0.25) is 5.02 Å². The van der Waals surface area contributed by atoms with Gasteiger partial charge in [0.1, 0.15) is 5.75 Å². The zero-order chi connectivity index (χ0) is 20.1. The predicted octanol–water partition coefficient (Wildman–Crippen LogP) is 5.06. The van der Waals surface area contributed by atoms with Gasteiger partial charge in [-0.05, 0) is 42.7 Å². The molecule has 2 aromatic rings. The number of halogens is 4. The number of piperidine rings is 1. The van der Waals surface area contributed by atoms with Crippen LogP contribution in [0.4, 0.5) is 13.2 Å². The molecule has 0 saturated carbocycles. The van der Waals surface area contributed by atoms with E-state index in [-0.39, 0.29) is 24.4 Å². The molecule has 150 valence electrons. The van der Waals surface area contributed by atoms with Gasteiger partial charge in [0.25, 0.3) is 5.91 Å². The van der Waals surface area contributed by atoms with Crippen molar-refractivity contribution in [3.05, 3.63) is 64.7 Å². The maximum Gasteiger partial charge on any atom is 0.573 e. The summed E-state index contributed by atoms with van der Waals surface area (Å²) in [6, 6.07) is 12.5. The van der Waals surface area contributed by atoms with Gasteiger partial charge in [-0.25, -0.2) is 0 Å². The number of rotatable bonds is 5. The number of alkyl halides is 3. The summed E-state index contributed by atoms with van der Waals surface area (Å²) < 4.78 is 46.8. The van der Waals surface area contributed by atoms with Gasteiger partial charge < -0.3 is 14.4 Å². The molecular formula is C20H19ClF3NO3. The maximum atomic E-state index is 12.7. The number of amides is 1. The molecule has 0 aliphatic carbocycles. The molecule has 3 rings (SSSR count). The lowest BCUT2D eigenvalue weighted by atomic mass is 10.1. The molecule has 0 bridgehead atoms. The first kappa shape index (κ1) is 20.5. The molecule has 1 heterocycles. The van der Waals surface area contributed by atoms with Gasteiger partial charge in [-0.15, -0.1) is 13.2 Å². The smallest absolute Gasteiger partial charge is 0.406 e. The fraction of sp³-hybridized carbons (Fsp3) is 0.350. The third-order valence-electron chi connectivity index (χ3n) is 4.39. The Morgan fingerprint density at radius 3 is 2.71 bits per heavy atom. The highest BCUT2D eigenvalue weighted by atomic mass is 35.5. The molecule has 0 radical (unpaired) electrons. The van der Waals surface area contributed by atoms with E-state index in [9.17, 15) is 18.0 Å². The monoisotopic (exact) mass is 413 g/mol. The number of likely N-dealkylation sites (tertiary alicyclic amines) is 1. The second-order valence-corrected chi connectivity index (χ2v) is 6.91. The van der Waals surface area contributed by atoms with E-state index in [2.05, 4.69) is 4.74 Å². The Kier molecular flexibility index (Phi) is 6.46. The van der Waals surface area contributed by atoms with E-state index >= 15 is 0 Å². The summed E-state index contributed by atoms with van der Waals surface area (Å²) in [4.78, 5) is 14.4. The topological polar surface area (TPSA) is 38.8 Å². The van der Waals surface area contributed by atoms with E-state index in [0.29, 0.717) is 29.2 Å². The Balaban J connectivity index is 1.58. The van der Waals surface area contributed by atoms with Gasteiger partial charge >= 0.3 is 6.36 Å². The largest absolute Gasteiger partial charge is 0.573 e. The first-order valence-corrected chi connectivity index (χ1v) is 9.20. The summed E-state index contributed by atoms with van der Waals surface area (Å²) in [5, 5.41) is 0.400. The number of carbonyl (C=O) groups excluding carboxylic acids is 1. The van der Waals surface area contributed by atoms with Crippen molar-refractivity contribution in [2.45, 2.75) is 31.9 Å². The fourth-order valence-corrected chi connectivity index (χ4v) is 3.33. The Labute approximate surface area is 165 Å². The lowest BCUT2D eigenvalue weighted by Gasteiger charge is -2.33. The zero-order valence-electron chi connectivity index (χ0n) is 14.9. The molecule has 0 aromatic heterocycles. The normalized spacial score (nSPS) is 17.4. The number of carbonyl (C=O) groups is 1. The molecule has 1 aliphatic heterocycles. The Morgan fingerprint density at radius 1 is 1.18 bits per heavy atom. The molecule has 1 aliphatic rings. The lowest BCUT2D eigenvalue weighted by molar-refractivity contribution is -0.274. The van der Waals surface area contributed by atoms with Crippen LogP contribution in [0.3, 0.4) is 0 Å². The Morgan fingerprint density at radius 2 is 1.96 bits per heavy atom. The van der Waals surface area contributed by atoms with Gasteiger partial charge in [0.05, 0.1) is 23.3 Å². The van der Waals surface area contributed by atoms with Crippen LogP contribution in [0.1, 0.15) is 28.8 Å². The van der Waals surface area contributed by atoms with E-state index in [1.54, 1.807) is 35.2 Å². The van der Waals surface area contributed by atoms with Gasteiger partial charge in [0, 0.05) is 13.1 Å². The molecule has 28 heavy (non-hydrogen) atoms. The van der Waals surface area contributed by atoms with Crippen molar-refractivity contribution in [1.82, 2.24) is 4.90 Å². The van der Waals surface area contributed by atoms with Gasteiger partial charge in [-0.3, -0.25) is 4.79 Å². The van der Waals surface area contributed by atoms with Crippen LogP contribution in [0, 0.1) is 0 Å². The van der Waals surface area contributed by atoms with E-state index in [0.717, 1.165) is 12.8 Å². The van der Waals surface area contributed by atoms with Crippen molar-refractivity contribution in [2.75, 3.05) is 13.1 Å². The molecule has 0 spiro atoms. The molecule has 2 aromatic carbocycles. The molecule has 1 saturated heterocycles. The number of hydrogen-bond donors (Lipinski definition) is 0. The molecular weight excluding hydrogens is 395 g/mol. The first-order valence-electron chi connectivity index (χ1n) is 8.82. The quantitative estimate of drug-likeness (QED) is 0.687. The minimum Gasteiger partial charge on any atom is -0.406 e. The minimum absolute atomic E-state index is 0.133. The second kappa shape index (κ2) is 8.84. The summed E-state index contributed by atoms with van der Waals surface area (Å²) in [5.74, 6) is -0.438. The standard InChI is InChI=1S/C20H19ClF3NO3/c21-18-9-2-1-8-17(18)19(26)25-10-4-7-16(12-25)27-13-14-5-3-6-15(11-14)28-20(22,23)24/h1-3,5-6,8-9,11,16H,4,7,10,12-13H2. The van der Waals surface area contributed by atoms with Crippen LogP contribution in [0.25, 0.3) is 0 Å². The highest BCUT2D eigenvalue weighted by Crippen LogP contribution is 2.25. The minimum atomic E-state index is -4.73. The summed E-state index contributed by atoms with van der Waals surface area (Å²) in [7, 11) is 0. The predicted molar refractivity (Wildman–Crippen MR) is 98.3 cm³/mol. The van der Waals surface area contributed by atoms with Gasteiger partial charge in [0.2, 0.25) is 0 Å². The summed E-state index contributed by atoms with van der Waals surface area (Å²) in [5.41, 5.74) is 1.01. The summed E-state index contributed by atoms with van der Waals surface area (Å²) >= 11 is 6.11. The highest BCUT2D eigenvalue weighted by Gasteiger charge is 2.31. The van der Waals surface area contributed by atoms with Crippen LogP contribution >= 0.6 is 11.6 Å². The number of nitrogens with zero attached hydrogens (tertiary/aromatic N) is 1. The van der Waals surface area contributed by atoms with E-state index in [1.165, 1.54) is 18.2 Å². The van der Waals surface area contributed by atoms with Crippen molar-refractivity contribution in [1.29, 1.82) is 0 Å². The number of ether oxygens (including phenoxy) is 2. The van der Waals surface area contributed by atoms with Crippen molar-refractivity contribution in [3.8, 4) is 5.75 Å². The number of hydrogen-bond acceptors (Lipinski definition) is 3. The lowest BCUT2D eigenvalue weighted by Crippen LogP contribution is -2.43. The molecule has 4 nitrogen and oxygen atoms in total. The first-order chi connectivity index (χ1) is 13.3. The molecule has 0 N–H and O–H groups in total. The van der Waals surface area contributed by atoms with E-state index in [1.807, 2.05) is 0 Å². The molecule has 1 fully saturated rings. The van der Waals surface area contributed by atoms with Crippen LogP contribution in [-0.4, -0.2) is 36.4 Å². The molecule has 1 atom stereocenters. The number of benzene rings is 2. The highest BCUT2D eigenvalue weighted by molar-refractivity contribution is 6.33.